The summed E-state index contributed by atoms with van der Waals surface area (Å²) in [6, 6.07) is 18.9. The number of hydrogen-bond acceptors (Lipinski definition) is 1. The second-order valence-corrected chi connectivity index (χ2v) is 5.62. The normalized spacial score (nSPS) is 9.24. The number of benzene rings is 1. The molecule has 128 valence electrons. The van der Waals surface area contributed by atoms with Gasteiger partial charge < -0.3 is 24.8 Å². The van der Waals surface area contributed by atoms with Gasteiger partial charge in [0.25, 0.3) is 0 Å². The van der Waals surface area contributed by atoms with Gasteiger partial charge in [0.05, 0.1) is 0 Å². The first-order valence-electron chi connectivity index (χ1n) is 7.50. The Bertz CT molecular complexity index is 824. The Morgan fingerprint density at radius 3 is 2.24 bits per heavy atom. The molecule has 2 nitrogen and oxygen atoms in total. The van der Waals surface area contributed by atoms with Crippen molar-refractivity contribution in [1.29, 1.82) is 0 Å². The quantitative estimate of drug-likeness (QED) is 0.343. The first kappa shape index (κ1) is 23.9. The Hall–Kier alpha value is -1.15. The van der Waals surface area contributed by atoms with Crippen molar-refractivity contribution in [2.45, 2.75) is 20.8 Å². The summed E-state index contributed by atoms with van der Waals surface area (Å²) in [6.07, 6.45) is 3.74. The number of aryl methyl sites for hydroxylation is 2. The van der Waals surface area contributed by atoms with Crippen LogP contribution in [0.5, 0.6) is 0 Å². The van der Waals surface area contributed by atoms with Gasteiger partial charge in [0, 0.05) is 12.4 Å². The molecule has 0 unspecified atom stereocenters. The van der Waals surface area contributed by atoms with Crippen LogP contribution in [0.1, 0.15) is 16.7 Å². The summed E-state index contributed by atoms with van der Waals surface area (Å²) in [7, 11) is 0. The predicted octanol–water partition coefficient (Wildman–Crippen LogP) is -0.919. The molecule has 0 aliphatic rings. The van der Waals surface area contributed by atoms with Crippen LogP contribution in [0.4, 0.5) is 0 Å². The van der Waals surface area contributed by atoms with Gasteiger partial charge in [0.15, 0.2) is 0 Å². The third-order valence-corrected chi connectivity index (χ3v) is 4.14. The molecule has 0 saturated heterocycles. The molecular formula is C20H20Cl2N2Zr. The van der Waals surface area contributed by atoms with Crippen LogP contribution in [0.3, 0.4) is 0 Å². The van der Waals surface area contributed by atoms with Gasteiger partial charge in [-0.2, -0.15) is 27.9 Å². The summed E-state index contributed by atoms with van der Waals surface area (Å²) in [5.41, 5.74) is 5.37. The van der Waals surface area contributed by atoms with Gasteiger partial charge in [-0.15, -0.1) is 41.1 Å². The average Bonchev–Trinajstić information content (AvgIpc) is 3.24. The van der Waals surface area contributed by atoms with E-state index in [1.165, 1.54) is 27.5 Å². The van der Waals surface area contributed by atoms with Crippen LogP contribution in [0, 0.1) is 20.8 Å². The zero-order valence-corrected chi connectivity index (χ0v) is 18.5. The smallest absolute Gasteiger partial charge is 1.00 e. The average molecular weight is 451 g/mol. The first-order valence-corrected chi connectivity index (χ1v) is 7.50. The molecule has 3 aromatic carbocycles. The molecular weight excluding hydrogens is 430 g/mol. The minimum absolute atomic E-state index is 0. The number of rotatable bonds is 1. The molecule has 0 saturated carbocycles. The molecule has 25 heavy (non-hydrogen) atoms. The maximum Gasteiger partial charge on any atom is 4.00 e. The van der Waals surface area contributed by atoms with Gasteiger partial charge in [-0.3, -0.25) is 4.68 Å². The number of fused-ring (bicyclic) bond motifs is 1. The number of aromatic nitrogens is 2. The molecule has 1 aromatic heterocycles. The maximum absolute atomic E-state index is 4.20. The van der Waals surface area contributed by atoms with Crippen LogP contribution in [-0.2, 0) is 26.2 Å². The van der Waals surface area contributed by atoms with Crippen molar-refractivity contribution in [1.82, 2.24) is 9.78 Å². The summed E-state index contributed by atoms with van der Waals surface area (Å²) in [6.45, 7) is 6.44. The third kappa shape index (κ3) is 5.67. The molecule has 0 amide bonds. The van der Waals surface area contributed by atoms with Crippen molar-refractivity contribution < 1.29 is 51.0 Å². The molecule has 0 atom stereocenters. The second kappa shape index (κ2) is 10.8. The van der Waals surface area contributed by atoms with E-state index in [9.17, 15) is 0 Å². The zero-order chi connectivity index (χ0) is 15.5. The molecule has 4 aromatic rings. The summed E-state index contributed by atoms with van der Waals surface area (Å²) >= 11 is 0. The molecule has 4 rings (SSSR count). The van der Waals surface area contributed by atoms with Gasteiger partial charge in [-0.25, -0.2) is 6.07 Å². The van der Waals surface area contributed by atoms with Crippen molar-refractivity contribution in [3.63, 3.8) is 0 Å². The fourth-order valence-electron chi connectivity index (χ4n) is 2.50. The summed E-state index contributed by atoms with van der Waals surface area (Å²) in [4.78, 5) is 0. The second-order valence-electron chi connectivity index (χ2n) is 5.62. The van der Waals surface area contributed by atoms with E-state index in [1.807, 2.05) is 16.9 Å². The van der Waals surface area contributed by atoms with E-state index in [4.69, 9.17) is 0 Å². The van der Waals surface area contributed by atoms with Crippen LogP contribution < -0.4 is 24.8 Å². The Balaban J connectivity index is 0.000000462. The van der Waals surface area contributed by atoms with Crippen LogP contribution in [-0.4, -0.2) is 9.78 Å². The molecule has 0 spiro atoms. The molecule has 5 heteroatoms. The zero-order valence-electron chi connectivity index (χ0n) is 14.5. The van der Waals surface area contributed by atoms with Gasteiger partial charge in [0.1, 0.15) is 0 Å². The van der Waals surface area contributed by atoms with Crippen molar-refractivity contribution in [3.05, 3.63) is 83.7 Å². The van der Waals surface area contributed by atoms with Crippen LogP contribution in [0.15, 0.2) is 67.0 Å². The number of halogens is 2. The van der Waals surface area contributed by atoms with Crippen LogP contribution in [0.25, 0.3) is 16.5 Å². The van der Waals surface area contributed by atoms with Gasteiger partial charge >= 0.3 is 26.2 Å². The van der Waals surface area contributed by atoms with E-state index in [1.54, 1.807) is 6.20 Å². The standard InChI is InChI=1S/C12H9N2.C8H11.2ClH.Zr/c1-2-5-11-9-12(8-10(11)4-1)14-7-3-6-13-14;1-6-4-5-7(2)8(6)3;;;/h1-9H;4-5H,1-3H3;2*1H;/q2*-1;;;+4/p-2. The molecule has 0 fully saturated rings. The Morgan fingerprint density at radius 1 is 1.04 bits per heavy atom. The number of nitrogens with zero attached hydrogens (tertiary/aromatic N) is 2. The predicted molar refractivity (Wildman–Crippen MR) is 92.9 cm³/mol. The maximum atomic E-state index is 4.20. The fraction of sp³-hybridized carbons (Fsp3) is 0.150. The van der Waals surface area contributed by atoms with E-state index < -0.39 is 0 Å². The van der Waals surface area contributed by atoms with E-state index in [2.05, 4.69) is 74.4 Å². The minimum Gasteiger partial charge on any atom is -1.00 e. The van der Waals surface area contributed by atoms with Crippen molar-refractivity contribution in [2.75, 3.05) is 0 Å². The Labute approximate surface area is 180 Å². The summed E-state index contributed by atoms with van der Waals surface area (Å²) in [5.74, 6) is 0. The molecule has 0 radical (unpaired) electrons. The van der Waals surface area contributed by atoms with Crippen molar-refractivity contribution in [2.24, 2.45) is 0 Å². The van der Waals surface area contributed by atoms with Crippen molar-refractivity contribution in [3.8, 4) is 5.69 Å². The summed E-state index contributed by atoms with van der Waals surface area (Å²) < 4.78 is 1.88. The minimum atomic E-state index is 0. The largest absolute Gasteiger partial charge is 4.00 e. The third-order valence-electron chi connectivity index (χ3n) is 4.14. The molecule has 1 heterocycles. The SMILES string of the molecule is Cc1cc[c-](C)c1C.[Cl-].[Cl-].[Zr+4].c1ccc2[cH-]c(-n3cccn3)cc2c1. The topological polar surface area (TPSA) is 17.8 Å². The fourth-order valence-corrected chi connectivity index (χ4v) is 2.50. The molecule has 0 aliphatic carbocycles. The van der Waals surface area contributed by atoms with E-state index in [0.717, 1.165) is 5.69 Å². The van der Waals surface area contributed by atoms with Gasteiger partial charge in [-0.05, 0) is 11.8 Å². The molecule has 0 N–H and O–H groups in total. The van der Waals surface area contributed by atoms with E-state index >= 15 is 0 Å². The Kier molecular flexibility index (Phi) is 10.3. The van der Waals surface area contributed by atoms with Gasteiger partial charge in [-0.1, -0.05) is 26.8 Å². The first-order chi connectivity index (χ1) is 10.6. The van der Waals surface area contributed by atoms with Crippen LogP contribution >= 0.6 is 0 Å². The molecule has 0 bridgehead atoms. The monoisotopic (exact) mass is 448 g/mol. The van der Waals surface area contributed by atoms with E-state index in [0.29, 0.717) is 0 Å². The Morgan fingerprint density at radius 2 is 1.76 bits per heavy atom. The van der Waals surface area contributed by atoms with Crippen LogP contribution in [0.2, 0.25) is 0 Å². The van der Waals surface area contributed by atoms with Gasteiger partial charge in [0.2, 0.25) is 0 Å². The van der Waals surface area contributed by atoms with E-state index in [-0.39, 0.29) is 51.0 Å². The van der Waals surface area contributed by atoms with Crippen molar-refractivity contribution >= 4 is 10.8 Å². The molecule has 0 aliphatic heterocycles. The number of hydrogen-bond donors (Lipinski definition) is 0. The summed E-state index contributed by atoms with van der Waals surface area (Å²) in [5, 5.41) is 6.72.